The Hall–Kier alpha value is -5.08. The molecule has 0 unspecified atom stereocenters. The van der Waals surface area contributed by atoms with E-state index in [9.17, 15) is 28.0 Å². The number of hydrogen-bond acceptors (Lipinski definition) is 8. The number of nitrogens with two attached hydrogens (primary N) is 1. The van der Waals surface area contributed by atoms with Gasteiger partial charge in [0, 0.05) is 19.7 Å². The van der Waals surface area contributed by atoms with Crippen molar-refractivity contribution in [2.75, 3.05) is 36.6 Å². The van der Waals surface area contributed by atoms with E-state index in [4.69, 9.17) is 10.5 Å². The molecule has 5 aromatic rings. The van der Waals surface area contributed by atoms with Gasteiger partial charge in [-0.25, -0.2) is 18.6 Å². The topological polar surface area (TPSA) is 145 Å². The monoisotopic (exact) mass is 620 g/mol. The lowest BCUT2D eigenvalue weighted by Crippen LogP contribution is -2.43. The third-order valence-electron chi connectivity index (χ3n) is 6.71. The molecule has 0 fully saturated rings. The van der Waals surface area contributed by atoms with Crippen LogP contribution in [0.3, 0.4) is 0 Å². The molecule has 0 aliphatic carbocycles. The summed E-state index contributed by atoms with van der Waals surface area (Å²) in [6.45, 7) is -0.0447. The predicted molar refractivity (Wildman–Crippen MR) is 163 cm³/mol. The Morgan fingerprint density at radius 3 is 2.50 bits per heavy atom. The van der Waals surface area contributed by atoms with E-state index >= 15 is 0 Å². The maximum Gasteiger partial charge on any atom is 0.330 e. The number of carbonyl (C=O) groups is 1. The summed E-state index contributed by atoms with van der Waals surface area (Å²) in [6, 6.07) is 18.1. The minimum absolute atomic E-state index is 0.0207. The van der Waals surface area contributed by atoms with Crippen LogP contribution in [0.25, 0.3) is 16.6 Å². The zero-order valence-electron chi connectivity index (χ0n) is 23.3. The molecule has 2 aromatic heterocycles. The number of amides is 1. The highest BCUT2D eigenvalue weighted by atomic mass is 32.2. The summed E-state index contributed by atoms with van der Waals surface area (Å²) in [7, 11) is 1.41. The smallest absolute Gasteiger partial charge is 0.330 e. The Labute approximate surface area is 252 Å². The molecule has 0 aliphatic rings. The van der Waals surface area contributed by atoms with Gasteiger partial charge >= 0.3 is 5.69 Å². The lowest BCUT2D eigenvalue weighted by atomic mass is 10.2. The van der Waals surface area contributed by atoms with Crippen LogP contribution in [0.1, 0.15) is 5.56 Å². The van der Waals surface area contributed by atoms with Gasteiger partial charge in [0.05, 0.1) is 35.5 Å². The molecule has 11 nitrogen and oxygen atoms in total. The zero-order valence-corrected chi connectivity index (χ0v) is 24.1. The van der Waals surface area contributed by atoms with Gasteiger partial charge in [0.15, 0.2) is 10.8 Å². The van der Waals surface area contributed by atoms with Gasteiger partial charge in [-0.3, -0.25) is 28.5 Å². The van der Waals surface area contributed by atoms with E-state index in [1.807, 2.05) is 6.07 Å². The summed E-state index contributed by atoms with van der Waals surface area (Å²) in [4.78, 5) is 60.7. The molecule has 0 aliphatic heterocycles. The minimum Gasteiger partial charge on any atom is -0.383 e. The molecule has 2 heterocycles. The van der Waals surface area contributed by atoms with Gasteiger partial charge in [-0.2, -0.15) is 0 Å². The highest BCUT2D eigenvalue weighted by molar-refractivity contribution is 7.99. The summed E-state index contributed by atoms with van der Waals surface area (Å²) < 4.78 is 35.8. The van der Waals surface area contributed by atoms with Gasteiger partial charge in [-0.05, 0) is 29.8 Å². The van der Waals surface area contributed by atoms with Crippen LogP contribution in [0.5, 0.6) is 0 Å². The fourth-order valence-electron chi connectivity index (χ4n) is 4.59. The fourth-order valence-corrected chi connectivity index (χ4v) is 5.48. The molecule has 0 saturated carbocycles. The van der Waals surface area contributed by atoms with Gasteiger partial charge in [0.1, 0.15) is 17.5 Å². The first kappa shape index (κ1) is 30.4. The van der Waals surface area contributed by atoms with Crippen molar-refractivity contribution in [1.82, 2.24) is 19.1 Å². The number of thioether (sulfide) groups is 1. The second-order valence-electron chi connectivity index (χ2n) is 9.54. The summed E-state index contributed by atoms with van der Waals surface area (Å²) in [5.41, 5.74) is 4.61. The number of aromatic nitrogens is 4. The van der Waals surface area contributed by atoms with Crippen molar-refractivity contribution < 1.29 is 18.3 Å². The quantitative estimate of drug-likeness (QED) is 0.179. The lowest BCUT2D eigenvalue weighted by molar-refractivity contribution is -0.116. The van der Waals surface area contributed by atoms with Crippen molar-refractivity contribution in [3.63, 3.8) is 0 Å². The Balaban J connectivity index is 1.54. The second-order valence-corrected chi connectivity index (χ2v) is 10.5. The zero-order chi connectivity index (χ0) is 31.4. The standard InChI is InChI=1S/C30H26F2N6O5S/c1-43-14-13-36(25-26(33)37(29(42)35-27(25)40)16-18-7-3-2-4-8-18)24(39)17-44-30-34-22-10-6-5-9-20(22)28(41)38(30)23-12-11-19(31)15-21(23)32/h2-12,15H,13-14,16-17,33H2,1H3,(H,35,40,42). The predicted octanol–water partition coefficient (Wildman–Crippen LogP) is 2.92. The molecule has 3 aromatic carbocycles. The molecule has 44 heavy (non-hydrogen) atoms. The number of H-pyrrole nitrogens is 1. The number of anilines is 2. The molecule has 0 saturated heterocycles. The number of fused-ring (bicyclic) bond motifs is 1. The van der Waals surface area contributed by atoms with Crippen molar-refractivity contribution in [2.45, 2.75) is 11.7 Å². The molecule has 0 radical (unpaired) electrons. The van der Waals surface area contributed by atoms with Gasteiger partial charge in [0.2, 0.25) is 5.91 Å². The number of rotatable bonds is 10. The highest BCUT2D eigenvalue weighted by Crippen LogP contribution is 2.25. The van der Waals surface area contributed by atoms with Gasteiger partial charge in [-0.15, -0.1) is 0 Å². The molecule has 3 N–H and O–H groups in total. The average Bonchev–Trinajstić information content (AvgIpc) is 3.01. The van der Waals surface area contributed by atoms with Crippen LogP contribution in [0.2, 0.25) is 0 Å². The number of aromatic amines is 1. The minimum atomic E-state index is -1.00. The number of nitrogens with one attached hydrogen (secondary N) is 1. The average molecular weight is 621 g/mol. The maximum atomic E-state index is 14.9. The molecular weight excluding hydrogens is 594 g/mol. The molecule has 1 amide bonds. The number of hydrogen-bond donors (Lipinski definition) is 2. The molecule has 0 atom stereocenters. The molecule has 5 rings (SSSR count). The largest absolute Gasteiger partial charge is 0.383 e. The molecule has 226 valence electrons. The summed E-state index contributed by atoms with van der Waals surface area (Å²) in [6.07, 6.45) is 0. The van der Waals surface area contributed by atoms with E-state index in [-0.39, 0.29) is 53.2 Å². The van der Waals surface area contributed by atoms with Crippen molar-refractivity contribution in [1.29, 1.82) is 0 Å². The Morgan fingerprint density at radius 2 is 1.77 bits per heavy atom. The van der Waals surface area contributed by atoms with Crippen molar-refractivity contribution in [3.8, 4) is 5.69 Å². The SMILES string of the molecule is COCCN(C(=O)CSc1nc2ccccc2c(=O)n1-c1ccc(F)cc1F)c1c(N)n(Cc2ccccc2)c(=O)[nH]c1=O. The number of ether oxygens (including phenoxy) is 1. The Kier molecular flexibility index (Phi) is 9.01. The number of methoxy groups -OCH3 is 1. The van der Waals surface area contributed by atoms with Gasteiger partial charge in [-0.1, -0.05) is 54.2 Å². The first-order chi connectivity index (χ1) is 21.2. The van der Waals surface area contributed by atoms with Crippen LogP contribution in [0.15, 0.2) is 92.3 Å². The molecule has 0 bridgehead atoms. The van der Waals surface area contributed by atoms with E-state index in [1.54, 1.807) is 42.5 Å². The normalized spacial score (nSPS) is 11.2. The van der Waals surface area contributed by atoms with Crippen LogP contribution in [-0.2, 0) is 16.1 Å². The number of para-hydroxylation sites is 1. The molecule has 0 spiro atoms. The molecule has 14 heteroatoms. The summed E-state index contributed by atoms with van der Waals surface area (Å²) in [5, 5.41) is 0.142. The van der Waals surface area contributed by atoms with E-state index in [1.165, 1.54) is 13.2 Å². The number of halogens is 2. The summed E-state index contributed by atoms with van der Waals surface area (Å²) >= 11 is 0.808. The van der Waals surface area contributed by atoms with E-state index in [2.05, 4.69) is 9.97 Å². The van der Waals surface area contributed by atoms with Crippen LogP contribution in [0, 0.1) is 11.6 Å². The third-order valence-corrected chi connectivity index (χ3v) is 7.63. The van der Waals surface area contributed by atoms with Gasteiger partial charge in [0.25, 0.3) is 11.1 Å². The third kappa shape index (κ3) is 6.16. The first-order valence-corrected chi connectivity index (χ1v) is 14.2. The Morgan fingerprint density at radius 1 is 1.05 bits per heavy atom. The van der Waals surface area contributed by atoms with E-state index in [0.29, 0.717) is 11.6 Å². The number of nitrogen functional groups attached to an aromatic ring is 1. The van der Waals surface area contributed by atoms with E-state index in [0.717, 1.165) is 43.5 Å². The molecular formula is C30H26F2N6O5S. The summed E-state index contributed by atoms with van der Waals surface area (Å²) in [5.74, 6) is -3.08. The number of benzene rings is 3. The lowest BCUT2D eigenvalue weighted by Gasteiger charge is -2.24. The number of nitrogens with zero attached hydrogens (tertiary/aromatic N) is 4. The fraction of sp³-hybridized carbons (Fsp3) is 0.167. The van der Waals surface area contributed by atoms with Crippen molar-refractivity contribution >= 4 is 40.1 Å². The van der Waals surface area contributed by atoms with Gasteiger partial charge < -0.3 is 15.4 Å². The Bertz CT molecular complexity index is 2030. The van der Waals surface area contributed by atoms with Crippen LogP contribution in [0.4, 0.5) is 20.3 Å². The van der Waals surface area contributed by atoms with Crippen LogP contribution in [-0.4, -0.2) is 51.0 Å². The van der Waals surface area contributed by atoms with Crippen molar-refractivity contribution in [2.24, 2.45) is 0 Å². The first-order valence-electron chi connectivity index (χ1n) is 13.3. The van der Waals surface area contributed by atoms with Crippen molar-refractivity contribution in [3.05, 3.63) is 121 Å². The second kappa shape index (κ2) is 13.1. The maximum absolute atomic E-state index is 14.9. The number of carbonyl (C=O) groups excluding carboxylic acids is 1. The van der Waals surface area contributed by atoms with E-state index < -0.39 is 34.3 Å². The van der Waals surface area contributed by atoms with Crippen LogP contribution >= 0.6 is 11.8 Å². The highest BCUT2D eigenvalue weighted by Gasteiger charge is 2.26. The van der Waals surface area contributed by atoms with Crippen LogP contribution < -0.4 is 27.4 Å².